The maximum absolute atomic E-state index is 12.9. The lowest BCUT2D eigenvalue weighted by Gasteiger charge is -2.29. The molecular weight excluding hydrogens is 420 g/mol. The summed E-state index contributed by atoms with van der Waals surface area (Å²) >= 11 is 0. The van der Waals surface area contributed by atoms with Gasteiger partial charge in [0, 0.05) is 11.4 Å². The Morgan fingerprint density at radius 3 is 2.36 bits per heavy atom. The molecule has 3 atom stereocenters. The lowest BCUT2D eigenvalue weighted by atomic mass is 9.94. The van der Waals surface area contributed by atoms with Crippen molar-refractivity contribution in [3.63, 3.8) is 0 Å². The summed E-state index contributed by atoms with van der Waals surface area (Å²) < 4.78 is 5.36. The Balaban J connectivity index is 1.61. The van der Waals surface area contributed by atoms with E-state index < -0.39 is 24.5 Å². The van der Waals surface area contributed by atoms with Gasteiger partial charge in [-0.05, 0) is 55.2 Å². The highest BCUT2D eigenvalue weighted by Crippen LogP contribution is 2.31. The first-order valence-corrected chi connectivity index (χ1v) is 11.3. The molecule has 0 radical (unpaired) electrons. The van der Waals surface area contributed by atoms with Crippen LogP contribution < -0.4 is 5.32 Å². The molecule has 1 heterocycles. The SMILES string of the molecule is CCOC(=O)[C@@H](NC(C)C(O)c1nc(C(O)O)cc2ccccc12)C1Cc2ccccc2C1. The van der Waals surface area contributed by atoms with Gasteiger partial charge >= 0.3 is 5.97 Å². The van der Waals surface area contributed by atoms with Crippen molar-refractivity contribution in [3.05, 3.63) is 77.1 Å². The number of carbonyl (C=O) groups is 1. The Hall–Kier alpha value is -2.84. The van der Waals surface area contributed by atoms with Crippen LogP contribution in [0, 0.1) is 5.92 Å². The second-order valence-electron chi connectivity index (χ2n) is 8.59. The fourth-order valence-electron chi connectivity index (χ4n) is 4.67. The molecule has 4 N–H and O–H groups in total. The highest BCUT2D eigenvalue weighted by molar-refractivity contribution is 5.85. The summed E-state index contributed by atoms with van der Waals surface area (Å²) in [7, 11) is 0. The third-order valence-electron chi connectivity index (χ3n) is 6.34. The fraction of sp³-hybridized carbons (Fsp3) is 0.385. The number of aliphatic hydroxyl groups is 3. The largest absolute Gasteiger partial charge is 0.465 e. The first-order chi connectivity index (χ1) is 15.9. The maximum Gasteiger partial charge on any atom is 0.323 e. The first kappa shape index (κ1) is 23.3. The zero-order valence-electron chi connectivity index (χ0n) is 18.8. The number of benzene rings is 2. The van der Waals surface area contributed by atoms with E-state index in [0.717, 1.165) is 18.2 Å². The zero-order chi connectivity index (χ0) is 23.5. The van der Waals surface area contributed by atoms with E-state index in [4.69, 9.17) is 4.74 Å². The van der Waals surface area contributed by atoms with Crippen molar-refractivity contribution >= 4 is 16.7 Å². The standard InChI is InChI=1S/C26H30N2O5/c1-3-33-26(32)22(19-12-16-8-4-5-9-17(16)13-19)27-15(2)24(29)23-20-11-7-6-10-18(20)14-21(28-23)25(30)31/h4-11,14-15,19,22,24-25,27,29-31H,3,12-13H2,1-2H3/t15?,22-,24?/m0/s1. The van der Waals surface area contributed by atoms with Gasteiger partial charge in [-0.3, -0.25) is 10.1 Å². The average Bonchev–Trinajstić information content (AvgIpc) is 3.25. The lowest BCUT2D eigenvalue weighted by molar-refractivity contribution is -0.147. The van der Waals surface area contributed by atoms with Gasteiger partial charge in [-0.15, -0.1) is 0 Å². The van der Waals surface area contributed by atoms with Crippen LogP contribution in [0.5, 0.6) is 0 Å². The molecule has 7 nitrogen and oxygen atoms in total. The number of hydrogen-bond donors (Lipinski definition) is 4. The summed E-state index contributed by atoms with van der Waals surface area (Å²) in [5, 5.41) is 35.3. The summed E-state index contributed by atoms with van der Waals surface area (Å²) in [6.07, 6.45) is -1.34. The molecule has 7 heteroatoms. The van der Waals surface area contributed by atoms with E-state index in [0.29, 0.717) is 11.1 Å². The molecule has 2 aromatic carbocycles. The Kier molecular flexibility index (Phi) is 7.05. The number of nitrogens with one attached hydrogen (secondary N) is 1. The van der Waals surface area contributed by atoms with Crippen molar-refractivity contribution in [2.75, 3.05) is 6.61 Å². The predicted molar refractivity (Wildman–Crippen MR) is 124 cm³/mol. The van der Waals surface area contributed by atoms with Gasteiger partial charge in [0.15, 0.2) is 6.29 Å². The number of ether oxygens (including phenoxy) is 1. The Morgan fingerprint density at radius 1 is 1.09 bits per heavy atom. The van der Waals surface area contributed by atoms with Crippen LogP contribution in [0.2, 0.25) is 0 Å². The number of pyridine rings is 1. The summed E-state index contributed by atoms with van der Waals surface area (Å²) in [5.74, 6) is -0.335. The van der Waals surface area contributed by atoms with E-state index in [-0.39, 0.29) is 24.2 Å². The van der Waals surface area contributed by atoms with Crippen LogP contribution in [0.25, 0.3) is 10.8 Å². The predicted octanol–water partition coefficient (Wildman–Crippen LogP) is 2.58. The monoisotopic (exact) mass is 450 g/mol. The minimum absolute atomic E-state index is 0.00593. The van der Waals surface area contributed by atoms with Crippen LogP contribution in [-0.4, -0.2) is 45.0 Å². The van der Waals surface area contributed by atoms with Crippen molar-refractivity contribution in [1.29, 1.82) is 0 Å². The van der Waals surface area contributed by atoms with Gasteiger partial charge in [0.05, 0.1) is 18.0 Å². The van der Waals surface area contributed by atoms with Crippen LogP contribution in [0.15, 0.2) is 54.6 Å². The fourth-order valence-corrected chi connectivity index (χ4v) is 4.67. The molecule has 0 aliphatic heterocycles. The molecule has 1 aliphatic rings. The molecule has 174 valence electrons. The third-order valence-corrected chi connectivity index (χ3v) is 6.34. The maximum atomic E-state index is 12.9. The molecule has 1 aliphatic carbocycles. The number of esters is 1. The molecule has 33 heavy (non-hydrogen) atoms. The number of hydrogen-bond acceptors (Lipinski definition) is 7. The van der Waals surface area contributed by atoms with E-state index >= 15 is 0 Å². The minimum Gasteiger partial charge on any atom is -0.465 e. The number of fused-ring (bicyclic) bond motifs is 2. The second kappa shape index (κ2) is 9.97. The van der Waals surface area contributed by atoms with Gasteiger partial charge in [-0.2, -0.15) is 0 Å². The van der Waals surface area contributed by atoms with Gasteiger partial charge < -0.3 is 20.1 Å². The summed E-state index contributed by atoms with van der Waals surface area (Å²) in [5.41, 5.74) is 2.84. The van der Waals surface area contributed by atoms with Crippen LogP contribution in [0.4, 0.5) is 0 Å². The van der Waals surface area contributed by atoms with Crippen LogP contribution in [0.3, 0.4) is 0 Å². The molecule has 2 unspecified atom stereocenters. The first-order valence-electron chi connectivity index (χ1n) is 11.3. The van der Waals surface area contributed by atoms with Crippen molar-refractivity contribution in [3.8, 4) is 0 Å². The average molecular weight is 451 g/mol. The summed E-state index contributed by atoms with van der Waals surface area (Å²) in [6, 6.07) is 15.9. The third kappa shape index (κ3) is 4.91. The van der Waals surface area contributed by atoms with Crippen LogP contribution >= 0.6 is 0 Å². The van der Waals surface area contributed by atoms with E-state index in [2.05, 4.69) is 22.4 Å². The molecule has 3 aromatic rings. The molecule has 1 aromatic heterocycles. The van der Waals surface area contributed by atoms with Gasteiger partial charge in [0.2, 0.25) is 0 Å². The normalized spacial score (nSPS) is 16.5. The molecule has 4 rings (SSSR count). The number of nitrogens with zero attached hydrogens (tertiary/aromatic N) is 1. The quantitative estimate of drug-likeness (QED) is 0.308. The van der Waals surface area contributed by atoms with Crippen molar-refractivity contribution < 1.29 is 24.9 Å². The Morgan fingerprint density at radius 2 is 1.73 bits per heavy atom. The van der Waals surface area contributed by atoms with Crippen LogP contribution in [0.1, 0.15) is 48.8 Å². The number of aromatic nitrogens is 1. The van der Waals surface area contributed by atoms with Crippen LogP contribution in [-0.2, 0) is 22.4 Å². The lowest BCUT2D eigenvalue weighted by Crippen LogP contribution is -2.50. The zero-order valence-corrected chi connectivity index (χ0v) is 18.8. The van der Waals surface area contributed by atoms with Gasteiger partial charge in [0.25, 0.3) is 0 Å². The van der Waals surface area contributed by atoms with E-state index in [1.165, 1.54) is 11.1 Å². The molecule has 0 spiro atoms. The molecule has 0 fully saturated rings. The smallest absolute Gasteiger partial charge is 0.323 e. The van der Waals surface area contributed by atoms with Gasteiger partial charge in [-0.25, -0.2) is 4.98 Å². The Bertz CT molecular complexity index is 1110. The summed E-state index contributed by atoms with van der Waals surface area (Å²) in [6.45, 7) is 3.84. The van der Waals surface area contributed by atoms with E-state index in [9.17, 15) is 20.1 Å². The minimum atomic E-state index is -1.76. The van der Waals surface area contributed by atoms with Gasteiger partial charge in [-0.1, -0.05) is 48.5 Å². The molecule has 0 saturated heterocycles. The molecular formula is C26H30N2O5. The highest BCUT2D eigenvalue weighted by Gasteiger charge is 2.36. The van der Waals surface area contributed by atoms with E-state index in [1.807, 2.05) is 36.4 Å². The topological polar surface area (TPSA) is 112 Å². The van der Waals surface area contributed by atoms with Crippen molar-refractivity contribution in [1.82, 2.24) is 10.3 Å². The van der Waals surface area contributed by atoms with Crippen molar-refractivity contribution in [2.45, 2.75) is 51.2 Å². The van der Waals surface area contributed by atoms with E-state index in [1.54, 1.807) is 19.9 Å². The van der Waals surface area contributed by atoms with Gasteiger partial charge in [0.1, 0.15) is 12.1 Å². The number of carbonyl (C=O) groups excluding carboxylic acids is 1. The Labute approximate surface area is 193 Å². The number of rotatable bonds is 8. The second-order valence-corrected chi connectivity index (χ2v) is 8.59. The molecule has 0 bridgehead atoms. The summed E-state index contributed by atoms with van der Waals surface area (Å²) in [4.78, 5) is 17.2. The molecule has 0 amide bonds. The number of aliphatic hydroxyl groups excluding tert-OH is 2. The van der Waals surface area contributed by atoms with Crippen molar-refractivity contribution in [2.24, 2.45) is 5.92 Å². The molecule has 0 saturated carbocycles. The highest BCUT2D eigenvalue weighted by atomic mass is 16.5.